The largest absolute Gasteiger partial charge is 0.508 e. The van der Waals surface area contributed by atoms with E-state index in [9.17, 15) is 5.11 Å². The van der Waals surface area contributed by atoms with Gasteiger partial charge in [-0.15, -0.1) is 0 Å². The zero-order valence-electron chi connectivity index (χ0n) is 10.3. The van der Waals surface area contributed by atoms with Gasteiger partial charge < -0.3 is 9.84 Å². The fourth-order valence-corrected chi connectivity index (χ4v) is 1.77. The van der Waals surface area contributed by atoms with Crippen molar-refractivity contribution < 1.29 is 9.84 Å². The summed E-state index contributed by atoms with van der Waals surface area (Å²) in [6.07, 6.45) is 3.61. The van der Waals surface area contributed by atoms with E-state index in [1.165, 1.54) is 12.8 Å². The molecule has 0 saturated heterocycles. The highest BCUT2D eigenvalue weighted by Crippen LogP contribution is 2.36. The Hall–Kier alpha value is -1.18. The van der Waals surface area contributed by atoms with Gasteiger partial charge >= 0.3 is 0 Å². The number of rotatable bonds is 3. The van der Waals surface area contributed by atoms with Crippen molar-refractivity contribution in [3.8, 4) is 11.5 Å². The number of hydrogen-bond acceptors (Lipinski definition) is 2. The van der Waals surface area contributed by atoms with Crippen LogP contribution in [0.15, 0.2) is 18.2 Å². The lowest BCUT2D eigenvalue weighted by Crippen LogP contribution is -2.22. The molecule has 1 saturated carbocycles. The monoisotopic (exact) mass is 220 g/mol. The van der Waals surface area contributed by atoms with Gasteiger partial charge in [0, 0.05) is 6.07 Å². The van der Waals surface area contributed by atoms with Gasteiger partial charge in [0.15, 0.2) is 0 Å². The van der Waals surface area contributed by atoms with Crippen LogP contribution in [0.5, 0.6) is 11.5 Å². The Kier molecular flexibility index (Phi) is 2.83. The van der Waals surface area contributed by atoms with Crippen LogP contribution in [-0.4, -0.2) is 10.7 Å². The Morgan fingerprint density at radius 2 is 2.00 bits per heavy atom. The van der Waals surface area contributed by atoms with E-state index in [-0.39, 0.29) is 5.60 Å². The van der Waals surface area contributed by atoms with E-state index >= 15 is 0 Å². The van der Waals surface area contributed by atoms with Crippen molar-refractivity contribution in [3.05, 3.63) is 23.8 Å². The maximum Gasteiger partial charge on any atom is 0.123 e. The first kappa shape index (κ1) is 11.3. The van der Waals surface area contributed by atoms with Crippen LogP contribution >= 0.6 is 0 Å². The van der Waals surface area contributed by atoms with E-state index in [2.05, 4.69) is 0 Å². The lowest BCUT2D eigenvalue weighted by atomic mass is 10.1. The standard InChI is InChI=1S/C14H20O2/c1-14(2,3)16-12-7-6-11(13(15)9-12)8-10-4-5-10/h6-7,9-10,15H,4-5,8H2,1-3H3. The molecule has 0 aromatic heterocycles. The minimum absolute atomic E-state index is 0.218. The molecule has 1 fully saturated rings. The molecule has 0 amide bonds. The maximum atomic E-state index is 9.88. The van der Waals surface area contributed by atoms with Crippen molar-refractivity contribution in [2.24, 2.45) is 5.92 Å². The first-order valence-corrected chi connectivity index (χ1v) is 5.95. The van der Waals surface area contributed by atoms with E-state index in [1.54, 1.807) is 6.07 Å². The maximum absolute atomic E-state index is 9.88. The first-order chi connectivity index (χ1) is 7.44. The second-order valence-corrected chi connectivity index (χ2v) is 5.65. The minimum Gasteiger partial charge on any atom is -0.508 e. The molecule has 0 atom stereocenters. The minimum atomic E-state index is -0.218. The highest BCUT2D eigenvalue weighted by atomic mass is 16.5. The predicted octanol–water partition coefficient (Wildman–Crippen LogP) is 3.52. The summed E-state index contributed by atoms with van der Waals surface area (Å²) in [6, 6.07) is 5.65. The molecule has 1 aromatic carbocycles. The van der Waals surface area contributed by atoms with E-state index in [0.29, 0.717) is 5.75 Å². The highest BCUT2D eigenvalue weighted by molar-refractivity contribution is 5.40. The van der Waals surface area contributed by atoms with E-state index < -0.39 is 0 Å². The molecule has 88 valence electrons. The molecule has 2 heteroatoms. The third kappa shape index (κ3) is 3.16. The molecular formula is C14H20O2. The van der Waals surface area contributed by atoms with Gasteiger partial charge in [0.25, 0.3) is 0 Å². The molecule has 0 aliphatic heterocycles. The summed E-state index contributed by atoms with van der Waals surface area (Å²) in [4.78, 5) is 0. The van der Waals surface area contributed by atoms with E-state index in [0.717, 1.165) is 23.7 Å². The highest BCUT2D eigenvalue weighted by Gasteiger charge is 2.23. The fraction of sp³-hybridized carbons (Fsp3) is 0.571. The van der Waals surface area contributed by atoms with Gasteiger partial charge in [-0.25, -0.2) is 0 Å². The van der Waals surface area contributed by atoms with Crippen molar-refractivity contribution in [2.45, 2.75) is 45.6 Å². The van der Waals surface area contributed by atoms with E-state index in [1.807, 2.05) is 32.9 Å². The number of phenolic OH excluding ortho intramolecular Hbond substituents is 1. The molecular weight excluding hydrogens is 200 g/mol. The van der Waals surface area contributed by atoms with Gasteiger partial charge in [-0.1, -0.05) is 6.07 Å². The van der Waals surface area contributed by atoms with Gasteiger partial charge in [0.2, 0.25) is 0 Å². The van der Waals surface area contributed by atoms with Crippen molar-refractivity contribution in [2.75, 3.05) is 0 Å². The van der Waals surface area contributed by atoms with Crippen molar-refractivity contribution in [1.29, 1.82) is 0 Å². The molecule has 2 rings (SSSR count). The molecule has 1 aliphatic carbocycles. The molecule has 2 nitrogen and oxygen atoms in total. The van der Waals surface area contributed by atoms with Crippen molar-refractivity contribution >= 4 is 0 Å². The zero-order valence-corrected chi connectivity index (χ0v) is 10.3. The van der Waals surface area contributed by atoms with Crippen LogP contribution in [0.1, 0.15) is 39.2 Å². The van der Waals surface area contributed by atoms with Crippen molar-refractivity contribution in [1.82, 2.24) is 0 Å². The summed E-state index contributed by atoms with van der Waals surface area (Å²) in [5, 5.41) is 9.88. The Morgan fingerprint density at radius 1 is 1.31 bits per heavy atom. The number of ether oxygens (including phenoxy) is 1. The van der Waals surface area contributed by atoms with Crippen LogP contribution in [0.4, 0.5) is 0 Å². The number of phenols is 1. The summed E-state index contributed by atoms with van der Waals surface area (Å²) in [6.45, 7) is 6.01. The van der Waals surface area contributed by atoms with Crippen LogP contribution in [-0.2, 0) is 6.42 Å². The molecule has 1 N–H and O–H groups in total. The lowest BCUT2D eigenvalue weighted by Gasteiger charge is -2.21. The molecule has 0 bridgehead atoms. The second kappa shape index (κ2) is 4.00. The van der Waals surface area contributed by atoms with Crippen LogP contribution in [0.3, 0.4) is 0 Å². The topological polar surface area (TPSA) is 29.5 Å². The summed E-state index contributed by atoms with van der Waals surface area (Å²) < 4.78 is 5.70. The summed E-state index contributed by atoms with van der Waals surface area (Å²) in [5.74, 6) is 1.90. The normalized spacial score (nSPS) is 16.2. The number of hydrogen-bond donors (Lipinski definition) is 1. The Morgan fingerprint density at radius 3 is 2.50 bits per heavy atom. The van der Waals surface area contributed by atoms with Gasteiger partial charge in [0.1, 0.15) is 17.1 Å². The first-order valence-electron chi connectivity index (χ1n) is 5.95. The average Bonchev–Trinajstić information content (AvgIpc) is 2.90. The van der Waals surface area contributed by atoms with E-state index in [4.69, 9.17) is 4.74 Å². The van der Waals surface area contributed by atoms with Crippen LogP contribution in [0.25, 0.3) is 0 Å². The molecule has 1 aromatic rings. The SMILES string of the molecule is CC(C)(C)Oc1ccc(CC2CC2)c(O)c1. The molecule has 0 heterocycles. The zero-order chi connectivity index (χ0) is 11.8. The third-order valence-electron chi connectivity index (χ3n) is 2.69. The average molecular weight is 220 g/mol. The molecule has 0 radical (unpaired) electrons. The predicted molar refractivity (Wildman–Crippen MR) is 64.9 cm³/mol. The quantitative estimate of drug-likeness (QED) is 0.844. The molecule has 1 aliphatic rings. The molecule has 0 unspecified atom stereocenters. The Balaban J connectivity index is 2.08. The lowest BCUT2D eigenvalue weighted by molar-refractivity contribution is 0.130. The van der Waals surface area contributed by atoms with Gasteiger partial charge in [-0.3, -0.25) is 0 Å². The van der Waals surface area contributed by atoms with Gasteiger partial charge in [0.05, 0.1) is 0 Å². The number of benzene rings is 1. The Labute approximate surface area is 97.3 Å². The fourth-order valence-electron chi connectivity index (χ4n) is 1.77. The Bertz CT molecular complexity index is 373. The summed E-state index contributed by atoms with van der Waals surface area (Å²) >= 11 is 0. The van der Waals surface area contributed by atoms with Crippen molar-refractivity contribution in [3.63, 3.8) is 0 Å². The smallest absolute Gasteiger partial charge is 0.123 e. The van der Waals surface area contributed by atoms with Crippen LogP contribution in [0.2, 0.25) is 0 Å². The van der Waals surface area contributed by atoms with Crippen LogP contribution in [0, 0.1) is 5.92 Å². The summed E-state index contributed by atoms with van der Waals surface area (Å²) in [7, 11) is 0. The third-order valence-corrected chi connectivity index (χ3v) is 2.69. The molecule has 0 spiro atoms. The second-order valence-electron chi connectivity index (χ2n) is 5.65. The van der Waals surface area contributed by atoms with Gasteiger partial charge in [-0.2, -0.15) is 0 Å². The van der Waals surface area contributed by atoms with Crippen LogP contribution < -0.4 is 4.74 Å². The summed E-state index contributed by atoms with van der Waals surface area (Å²) in [5.41, 5.74) is 0.827. The number of aromatic hydroxyl groups is 1. The molecule has 16 heavy (non-hydrogen) atoms. The van der Waals surface area contributed by atoms with Gasteiger partial charge in [-0.05, 0) is 57.6 Å².